The van der Waals surface area contributed by atoms with Crippen molar-refractivity contribution in [3.63, 3.8) is 0 Å². The molecule has 0 aromatic carbocycles. The van der Waals surface area contributed by atoms with E-state index in [9.17, 15) is 53.4 Å². The zero-order valence-electron chi connectivity index (χ0n) is 81.8. The van der Waals surface area contributed by atoms with Crippen molar-refractivity contribution in [2.24, 2.45) is 57.7 Å². The van der Waals surface area contributed by atoms with Crippen LogP contribution in [0.2, 0.25) is 0 Å². The zero-order valence-corrected chi connectivity index (χ0v) is 81.8. The molecule has 17 atom stereocenters. The standard InChI is InChI=1S/C87H155N37O18/c1-5-48(4)64(118-67(128)57(46-125)117-65(126)49(88)19-6-32-103-81(89)90)73(134)114-54(24-11-37-108-86(99)100)76(137)120-40-14-27-59(120)70(131)113-53(23-10-36-107-85(97)98)77(138)124-44-18-31-63(124)79(140)123-43-17-30-62(123)68(129)110-50(20-7-33-104-82(91)92)66(127)116-56(45-47(2)3)78(139)122-42-16-28-60(122)71(132)112-51(21-8-34-105-83(93)94)74(135)119-39-13-26-58(119)69(130)111-52(22-9-35-106-84(95)96)75(136)121-41-15-29-61(121)72(133)115-55(80(141)142)25-12-38-109-87(101)102/h47-64,125H,5-46,88H2,1-4H3,(H,110,129)(H,111,130)(H,112,132)(H,113,131)(H,114,134)(H,115,133)(H,116,127)(H,117,126)(H,118,128)(H,141,142)(H4,89,90,103)(H4,91,92,104)(H4,93,94,105)(H4,95,96,106)(H4,97,98,107)(H4,99,100,108)(H4,101,102,109)/t48-,49-,50-,51-,52-,53-,54-,55-,56-,57-,58-,59-,60-,61-,62-,63-,64-/m0/s1. The van der Waals surface area contributed by atoms with Crippen LogP contribution in [0.3, 0.4) is 0 Å². The number of rotatable bonds is 58. The van der Waals surface area contributed by atoms with Crippen LogP contribution in [0.25, 0.3) is 0 Å². The smallest absolute Gasteiger partial charge is 0.326 e. The maximum atomic E-state index is 15.3. The minimum atomic E-state index is -1.57. The number of nitrogens with zero attached hydrogens (tertiary/aromatic N) is 6. The topological polar surface area (TPSA) is 901 Å². The zero-order chi connectivity index (χ0) is 105. The first-order chi connectivity index (χ1) is 67.4. The van der Waals surface area contributed by atoms with Crippen molar-refractivity contribution in [2.45, 2.75) is 304 Å². The van der Waals surface area contributed by atoms with Gasteiger partial charge in [0.05, 0.1) is 12.6 Å². The second kappa shape index (κ2) is 59.2. The van der Waals surface area contributed by atoms with Gasteiger partial charge in [0.1, 0.15) is 90.6 Å². The van der Waals surface area contributed by atoms with Crippen molar-refractivity contribution in [1.29, 1.82) is 37.9 Å². The maximum absolute atomic E-state index is 15.3. The highest BCUT2D eigenvalue weighted by Crippen LogP contribution is 2.30. The van der Waals surface area contributed by atoms with Gasteiger partial charge in [0.2, 0.25) is 88.6 Å². The molecule has 55 nitrogen and oxygen atoms in total. The summed E-state index contributed by atoms with van der Waals surface area (Å²) in [6.07, 6.45) is 3.70. The van der Waals surface area contributed by atoms with Gasteiger partial charge in [0.25, 0.3) is 0 Å². The lowest BCUT2D eigenvalue weighted by Gasteiger charge is -2.34. The maximum Gasteiger partial charge on any atom is 0.326 e. The average molecular weight is 2010 g/mol. The lowest BCUT2D eigenvalue weighted by atomic mass is 9.97. The molecule has 0 aromatic rings. The predicted octanol–water partition coefficient (Wildman–Crippen LogP) is -9.37. The van der Waals surface area contributed by atoms with Crippen molar-refractivity contribution in [3.05, 3.63) is 0 Å². The normalized spacial score (nSPS) is 19.9. The second-order valence-corrected chi connectivity index (χ2v) is 37.1. The fraction of sp³-hybridized carbons (Fsp3) is 0.736. The Morgan fingerprint density at radius 1 is 0.310 bits per heavy atom. The van der Waals surface area contributed by atoms with Gasteiger partial charge in [0.15, 0.2) is 41.7 Å². The molecule has 6 aliphatic heterocycles. The van der Waals surface area contributed by atoms with Gasteiger partial charge in [-0.15, -0.1) is 0 Å². The van der Waals surface area contributed by atoms with E-state index in [0.717, 1.165) is 0 Å². The SMILES string of the molecule is CC[C@H](C)[C@H](NC(=O)[C@H](CO)NC(=O)[C@@H](N)CCCNC(=N)N)C(=O)N[C@@H](CCCNC(=N)N)C(=O)N1CCC[C@H]1C(=O)N[C@@H](CCCNC(=N)N)C(=O)N1CCC[C@H]1C(=O)N1CCC[C@H]1C(=O)N[C@@H](CCCNC(=N)N)C(=O)N[C@@H](CC(C)C)C(=O)N1CCC[C@H]1C(=O)N[C@@H](CCCNC(=N)N)C(=O)N1CCC[C@H]1C(=O)N[C@@H](CCCNC(=N)N)C(=O)N1CCC[C@H]1C(=O)N[C@@H](CCCNC(=N)N)C(=O)O. The number of nitrogens with one attached hydrogen (secondary N) is 23. The van der Waals surface area contributed by atoms with E-state index >= 15 is 33.6 Å². The molecular formula is C87H155N37O18. The molecule has 0 bridgehead atoms. The van der Waals surface area contributed by atoms with Gasteiger partial charge >= 0.3 is 5.97 Å². The van der Waals surface area contributed by atoms with Crippen molar-refractivity contribution in [2.75, 3.05) is 91.7 Å². The first-order valence-corrected chi connectivity index (χ1v) is 49.1. The average Bonchev–Trinajstić information content (AvgIpc) is 1.65. The van der Waals surface area contributed by atoms with Gasteiger partial charge in [0, 0.05) is 85.1 Å². The summed E-state index contributed by atoms with van der Waals surface area (Å²) in [5, 5.41) is 117. The molecule has 6 fully saturated rings. The number of carbonyl (C=O) groups excluding carboxylic acids is 15. The van der Waals surface area contributed by atoms with E-state index in [0.29, 0.717) is 44.9 Å². The highest BCUT2D eigenvalue weighted by molar-refractivity contribution is 6.02. The Bertz CT molecular complexity index is 4420. The predicted molar refractivity (Wildman–Crippen MR) is 521 cm³/mol. The van der Waals surface area contributed by atoms with Crippen molar-refractivity contribution < 1.29 is 86.9 Å². The van der Waals surface area contributed by atoms with Gasteiger partial charge in [-0.05, 0) is 185 Å². The summed E-state index contributed by atoms with van der Waals surface area (Å²) in [7, 11) is 0. The molecule has 6 saturated heterocycles. The molecule has 15 amide bonds. The highest BCUT2D eigenvalue weighted by atomic mass is 16.4. The number of hydrogen-bond donors (Lipinski definition) is 33. The van der Waals surface area contributed by atoms with Crippen LogP contribution >= 0.6 is 0 Å². The summed E-state index contributed by atoms with van der Waals surface area (Å²) in [6.45, 7) is 6.99. The number of aliphatic hydroxyl groups is 1. The molecule has 41 N–H and O–H groups in total. The van der Waals surface area contributed by atoms with Gasteiger partial charge in [-0.3, -0.25) is 110 Å². The van der Waals surface area contributed by atoms with E-state index < -0.39 is 204 Å². The molecule has 0 aromatic heterocycles. The fourth-order valence-corrected chi connectivity index (χ4v) is 18.4. The lowest BCUT2D eigenvalue weighted by Crippen LogP contribution is -2.61. The van der Waals surface area contributed by atoms with Gasteiger partial charge in [-0.1, -0.05) is 34.1 Å². The Hall–Kier alpha value is -13.7. The summed E-state index contributed by atoms with van der Waals surface area (Å²) in [4.78, 5) is 241. The fourth-order valence-electron chi connectivity index (χ4n) is 18.4. The van der Waals surface area contributed by atoms with Crippen LogP contribution < -0.4 is 131 Å². The quantitative estimate of drug-likeness (QED) is 0.0153. The summed E-state index contributed by atoms with van der Waals surface area (Å²) < 4.78 is 0. The molecule has 6 rings (SSSR count). The first-order valence-electron chi connectivity index (χ1n) is 49.1. The monoisotopic (exact) mass is 2010 g/mol. The third-order valence-corrected chi connectivity index (χ3v) is 25.9. The third-order valence-electron chi connectivity index (χ3n) is 25.9. The van der Waals surface area contributed by atoms with Crippen LogP contribution in [-0.4, -0.2) is 364 Å². The van der Waals surface area contributed by atoms with Crippen LogP contribution in [0, 0.1) is 49.7 Å². The number of hydrogen-bond acceptors (Lipinski definition) is 25. The van der Waals surface area contributed by atoms with Crippen molar-refractivity contribution >= 4 is 136 Å². The van der Waals surface area contributed by atoms with E-state index in [1.54, 1.807) is 27.7 Å². The number of carbonyl (C=O) groups is 16. The van der Waals surface area contributed by atoms with Crippen LogP contribution in [-0.2, 0) is 76.7 Å². The largest absolute Gasteiger partial charge is 0.480 e. The van der Waals surface area contributed by atoms with E-state index in [1.807, 2.05) is 0 Å². The van der Waals surface area contributed by atoms with Gasteiger partial charge < -0.3 is 171 Å². The molecule has 142 heavy (non-hydrogen) atoms. The minimum absolute atomic E-state index is 0.00640. The number of aliphatic carboxylic acids is 1. The van der Waals surface area contributed by atoms with Crippen molar-refractivity contribution in [1.82, 2.24) is 114 Å². The van der Waals surface area contributed by atoms with Crippen molar-refractivity contribution in [3.8, 4) is 0 Å². The van der Waals surface area contributed by atoms with Crippen LogP contribution in [0.15, 0.2) is 0 Å². The molecule has 796 valence electrons. The van der Waals surface area contributed by atoms with E-state index in [2.05, 4.69) is 85.1 Å². The molecule has 0 saturated carbocycles. The Labute approximate surface area is 825 Å². The molecular weight excluding hydrogens is 1850 g/mol. The van der Waals surface area contributed by atoms with E-state index in [-0.39, 0.29) is 268 Å². The van der Waals surface area contributed by atoms with E-state index in [1.165, 1.54) is 29.4 Å². The Kier molecular flexibility index (Phi) is 48.8. The summed E-state index contributed by atoms with van der Waals surface area (Å²) in [5.41, 5.74) is 44.8. The molecule has 0 unspecified atom stereocenters. The Morgan fingerprint density at radius 3 is 0.866 bits per heavy atom. The first kappa shape index (κ1) is 117. The van der Waals surface area contributed by atoms with Gasteiger partial charge in [-0.25, -0.2) is 4.79 Å². The molecule has 6 heterocycles. The molecule has 6 aliphatic rings. The Balaban J connectivity index is 1.18. The number of carboxylic acids is 1. The molecule has 0 spiro atoms. The number of amides is 15. The van der Waals surface area contributed by atoms with Crippen LogP contribution in [0.1, 0.15) is 207 Å². The van der Waals surface area contributed by atoms with Crippen LogP contribution in [0.4, 0.5) is 0 Å². The highest BCUT2D eigenvalue weighted by Gasteiger charge is 2.49. The lowest BCUT2D eigenvalue weighted by molar-refractivity contribution is -0.148. The van der Waals surface area contributed by atoms with E-state index in [4.69, 9.17) is 83.7 Å². The number of likely N-dealkylation sites (tertiary alicyclic amines) is 6. The van der Waals surface area contributed by atoms with Gasteiger partial charge in [-0.2, -0.15) is 0 Å². The Morgan fingerprint density at radius 2 is 0.556 bits per heavy atom. The number of carboxylic acid groups (broad SMARTS) is 1. The summed E-state index contributed by atoms with van der Waals surface area (Å²) in [5.74, 6) is -16.0. The number of nitrogens with two attached hydrogens (primary N) is 8. The summed E-state index contributed by atoms with van der Waals surface area (Å²) >= 11 is 0. The molecule has 0 radical (unpaired) electrons. The number of guanidine groups is 7. The number of aliphatic hydroxyl groups excluding tert-OH is 1. The van der Waals surface area contributed by atoms with Crippen LogP contribution in [0.5, 0.6) is 0 Å². The second-order valence-electron chi connectivity index (χ2n) is 37.1. The molecule has 0 aliphatic carbocycles. The summed E-state index contributed by atoms with van der Waals surface area (Å²) in [6, 6.07) is -20.8. The molecule has 55 heteroatoms. The third kappa shape index (κ3) is 37.1. The minimum Gasteiger partial charge on any atom is -0.480 e.